The SMILES string of the molecule is CONC(=O)[C@H]1CCC(=O)N(c2ccc(C)cc2)[C@@H]1c1ccccc1OC. The predicted octanol–water partition coefficient (Wildman–Crippen LogP) is 3.17. The van der Waals surface area contributed by atoms with Crippen molar-refractivity contribution < 1.29 is 19.2 Å². The number of nitrogens with zero attached hydrogens (tertiary/aromatic N) is 1. The van der Waals surface area contributed by atoms with Gasteiger partial charge in [-0.3, -0.25) is 14.4 Å². The predicted molar refractivity (Wildman–Crippen MR) is 102 cm³/mol. The summed E-state index contributed by atoms with van der Waals surface area (Å²) in [6.45, 7) is 1.99. The van der Waals surface area contributed by atoms with Crippen molar-refractivity contribution in [1.29, 1.82) is 0 Å². The van der Waals surface area contributed by atoms with Crippen molar-refractivity contribution in [1.82, 2.24) is 5.48 Å². The molecule has 3 rings (SSSR count). The Morgan fingerprint density at radius 3 is 2.48 bits per heavy atom. The number of piperidine rings is 1. The van der Waals surface area contributed by atoms with Gasteiger partial charge in [0.25, 0.3) is 0 Å². The number of benzene rings is 2. The Kier molecular flexibility index (Phi) is 5.76. The maximum absolute atomic E-state index is 12.9. The first-order valence-corrected chi connectivity index (χ1v) is 8.91. The Morgan fingerprint density at radius 2 is 1.81 bits per heavy atom. The van der Waals surface area contributed by atoms with Gasteiger partial charge >= 0.3 is 0 Å². The second kappa shape index (κ2) is 8.22. The molecule has 2 aromatic rings. The van der Waals surface area contributed by atoms with Gasteiger partial charge < -0.3 is 9.64 Å². The van der Waals surface area contributed by atoms with Crippen LogP contribution in [-0.4, -0.2) is 26.0 Å². The first-order valence-electron chi connectivity index (χ1n) is 8.91. The summed E-state index contributed by atoms with van der Waals surface area (Å²) in [5, 5.41) is 0. The van der Waals surface area contributed by atoms with Crippen LogP contribution < -0.4 is 15.1 Å². The minimum atomic E-state index is -0.486. The number of methoxy groups -OCH3 is 1. The molecule has 0 unspecified atom stereocenters. The minimum Gasteiger partial charge on any atom is -0.496 e. The maximum Gasteiger partial charge on any atom is 0.249 e. The summed E-state index contributed by atoms with van der Waals surface area (Å²) < 4.78 is 5.52. The molecule has 0 aromatic heterocycles. The second-order valence-corrected chi connectivity index (χ2v) is 6.60. The molecule has 1 aliphatic rings. The Bertz CT molecular complexity index is 819. The van der Waals surface area contributed by atoms with E-state index < -0.39 is 12.0 Å². The van der Waals surface area contributed by atoms with Crippen LogP contribution in [0.3, 0.4) is 0 Å². The summed E-state index contributed by atoms with van der Waals surface area (Å²) in [5.74, 6) is -0.0842. The van der Waals surface area contributed by atoms with Gasteiger partial charge in [0, 0.05) is 17.7 Å². The van der Waals surface area contributed by atoms with Crippen LogP contribution in [0, 0.1) is 12.8 Å². The zero-order valence-corrected chi connectivity index (χ0v) is 15.8. The lowest BCUT2D eigenvalue weighted by Crippen LogP contribution is -2.48. The maximum atomic E-state index is 12.9. The number of anilines is 1. The van der Waals surface area contributed by atoms with E-state index in [1.807, 2.05) is 55.5 Å². The zero-order chi connectivity index (χ0) is 19.4. The first-order chi connectivity index (χ1) is 13.1. The van der Waals surface area contributed by atoms with E-state index in [0.717, 1.165) is 16.8 Å². The highest BCUT2D eigenvalue weighted by Crippen LogP contribution is 2.43. The molecule has 0 bridgehead atoms. The van der Waals surface area contributed by atoms with Gasteiger partial charge in [0.05, 0.1) is 26.2 Å². The molecule has 1 N–H and O–H groups in total. The van der Waals surface area contributed by atoms with Crippen molar-refractivity contribution >= 4 is 17.5 Å². The van der Waals surface area contributed by atoms with Gasteiger partial charge in [0.2, 0.25) is 11.8 Å². The number of ether oxygens (including phenoxy) is 1. The van der Waals surface area contributed by atoms with E-state index >= 15 is 0 Å². The third kappa shape index (κ3) is 3.80. The van der Waals surface area contributed by atoms with Gasteiger partial charge in [0.1, 0.15) is 5.75 Å². The number of amides is 2. The summed E-state index contributed by atoms with van der Waals surface area (Å²) in [4.78, 5) is 32.2. The smallest absolute Gasteiger partial charge is 0.249 e. The van der Waals surface area contributed by atoms with Gasteiger partial charge in [-0.2, -0.15) is 0 Å². The number of rotatable bonds is 5. The Morgan fingerprint density at radius 1 is 1.11 bits per heavy atom. The number of hydrogen-bond acceptors (Lipinski definition) is 4. The fraction of sp³-hybridized carbons (Fsp3) is 0.333. The highest BCUT2D eigenvalue weighted by Gasteiger charge is 2.42. The second-order valence-electron chi connectivity index (χ2n) is 6.60. The fourth-order valence-corrected chi connectivity index (χ4v) is 3.62. The number of aryl methyl sites for hydroxylation is 1. The molecule has 2 amide bonds. The van der Waals surface area contributed by atoms with E-state index in [2.05, 4.69) is 5.48 Å². The largest absolute Gasteiger partial charge is 0.496 e. The van der Waals surface area contributed by atoms with Crippen LogP contribution in [0.5, 0.6) is 5.75 Å². The number of para-hydroxylation sites is 1. The molecular formula is C21H24N2O4. The molecule has 6 heteroatoms. The van der Waals surface area contributed by atoms with Crippen molar-refractivity contribution in [2.45, 2.75) is 25.8 Å². The Hall–Kier alpha value is -2.86. The molecule has 0 saturated carbocycles. The molecular weight excluding hydrogens is 344 g/mol. The van der Waals surface area contributed by atoms with E-state index in [-0.39, 0.29) is 11.8 Å². The minimum absolute atomic E-state index is 0.0174. The van der Waals surface area contributed by atoms with Crippen molar-refractivity contribution in [2.75, 3.05) is 19.1 Å². The standard InChI is InChI=1S/C21H24N2O4/c1-14-8-10-15(11-9-14)23-19(24)13-12-17(21(25)22-27-3)20(23)16-6-4-5-7-18(16)26-2/h4-11,17,20H,12-13H2,1-3H3,(H,22,25)/t17-,20+/m0/s1. The van der Waals surface area contributed by atoms with Crippen LogP contribution in [0.1, 0.15) is 30.0 Å². The van der Waals surface area contributed by atoms with Gasteiger partial charge in [-0.05, 0) is 31.5 Å². The average molecular weight is 368 g/mol. The fourth-order valence-electron chi connectivity index (χ4n) is 3.62. The molecule has 142 valence electrons. The molecule has 2 atom stereocenters. The van der Waals surface area contributed by atoms with Crippen LogP contribution in [0.25, 0.3) is 0 Å². The zero-order valence-electron chi connectivity index (χ0n) is 15.8. The quantitative estimate of drug-likeness (QED) is 0.823. The molecule has 1 aliphatic heterocycles. The summed E-state index contributed by atoms with van der Waals surface area (Å²) >= 11 is 0. The molecule has 2 aromatic carbocycles. The summed E-state index contributed by atoms with van der Waals surface area (Å²) in [6.07, 6.45) is 0.737. The van der Waals surface area contributed by atoms with E-state index in [9.17, 15) is 9.59 Å². The number of carbonyl (C=O) groups excluding carboxylic acids is 2. The lowest BCUT2D eigenvalue weighted by Gasteiger charge is -2.41. The van der Waals surface area contributed by atoms with Crippen LogP contribution in [0.4, 0.5) is 5.69 Å². The van der Waals surface area contributed by atoms with Crippen molar-refractivity contribution in [3.8, 4) is 5.75 Å². The number of hydrogen-bond donors (Lipinski definition) is 1. The molecule has 0 aliphatic carbocycles. The van der Waals surface area contributed by atoms with Gasteiger partial charge in [-0.15, -0.1) is 0 Å². The van der Waals surface area contributed by atoms with E-state index in [0.29, 0.717) is 18.6 Å². The molecule has 1 saturated heterocycles. The topological polar surface area (TPSA) is 67.9 Å². The van der Waals surface area contributed by atoms with Crippen LogP contribution in [-0.2, 0) is 14.4 Å². The third-order valence-electron chi connectivity index (χ3n) is 4.91. The molecule has 6 nitrogen and oxygen atoms in total. The van der Waals surface area contributed by atoms with Crippen molar-refractivity contribution in [3.05, 3.63) is 59.7 Å². The third-order valence-corrected chi connectivity index (χ3v) is 4.91. The monoisotopic (exact) mass is 368 g/mol. The Labute approximate surface area is 159 Å². The van der Waals surface area contributed by atoms with Crippen molar-refractivity contribution in [2.24, 2.45) is 5.92 Å². The molecule has 27 heavy (non-hydrogen) atoms. The lowest BCUT2D eigenvalue weighted by atomic mass is 9.83. The van der Waals surface area contributed by atoms with E-state index in [1.165, 1.54) is 7.11 Å². The molecule has 1 heterocycles. The van der Waals surface area contributed by atoms with Crippen LogP contribution in [0.2, 0.25) is 0 Å². The van der Waals surface area contributed by atoms with Crippen molar-refractivity contribution in [3.63, 3.8) is 0 Å². The average Bonchev–Trinajstić information content (AvgIpc) is 2.68. The first kappa shape index (κ1) is 18.9. The number of hydroxylamine groups is 1. The highest BCUT2D eigenvalue weighted by atomic mass is 16.6. The lowest BCUT2D eigenvalue weighted by molar-refractivity contribution is -0.138. The number of nitrogens with one attached hydrogen (secondary N) is 1. The summed E-state index contributed by atoms with van der Waals surface area (Å²) in [7, 11) is 2.99. The van der Waals surface area contributed by atoms with Gasteiger partial charge in [0.15, 0.2) is 0 Å². The molecule has 1 fully saturated rings. The van der Waals surface area contributed by atoms with Crippen LogP contribution in [0.15, 0.2) is 48.5 Å². The van der Waals surface area contributed by atoms with E-state index in [4.69, 9.17) is 9.57 Å². The summed E-state index contributed by atoms with van der Waals surface area (Å²) in [6, 6.07) is 14.7. The normalized spacial score (nSPS) is 19.7. The molecule has 0 radical (unpaired) electrons. The Balaban J connectivity index is 2.13. The van der Waals surface area contributed by atoms with E-state index in [1.54, 1.807) is 12.0 Å². The van der Waals surface area contributed by atoms with Gasteiger partial charge in [-0.25, -0.2) is 5.48 Å². The van der Waals surface area contributed by atoms with Gasteiger partial charge in [-0.1, -0.05) is 35.9 Å². The summed E-state index contributed by atoms with van der Waals surface area (Å²) in [5.41, 5.74) is 5.09. The molecule has 0 spiro atoms. The van der Waals surface area contributed by atoms with Crippen LogP contribution >= 0.6 is 0 Å². The highest BCUT2D eigenvalue weighted by molar-refractivity contribution is 5.97. The number of carbonyl (C=O) groups is 2.